The summed E-state index contributed by atoms with van der Waals surface area (Å²) in [5, 5.41) is 13.6. The first-order chi connectivity index (χ1) is 8.50. The molecule has 0 unspecified atom stereocenters. The van der Waals surface area contributed by atoms with E-state index in [-0.39, 0.29) is 4.90 Å². The van der Waals surface area contributed by atoms with E-state index in [1.165, 1.54) is 0 Å². The number of carboxylic acids is 1. The first-order valence-electron chi connectivity index (χ1n) is 4.60. The summed E-state index contributed by atoms with van der Waals surface area (Å²) >= 11 is 0.340. The van der Waals surface area contributed by atoms with Crippen molar-refractivity contribution in [1.82, 2.24) is 0 Å². The number of hydrogen-bond donors (Lipinski definition) is 2. The number of carboxylic acid groups (broad SMARTS) is 1. The highest BCUT2D eigenvalue weighted by molar-refractivity contribution is 7.99. The van der Waals surface area contributed by atoms with Crippen molar-refractivity contribution < 1.29 is 31.5 Å². The number of thioether (sulfide) groups is 1. The molecule has 0 aliphatic rings. The number of aromatic carboxylic acids is 1. The molecule has 19 heavy (non-hydrogen) atoms. The molecule has 1 aromatic carbocycles. The van der Waals surface area contributed by atoms with Crippen molar-refractivity contribution in [3.05, 3.63) is 23.8 Å². The third-order valence-electron chi connectivity index (χ3n) is 1.89. The molecule has 0 aliphatic carbocycles. The Morgan fingerprint density at radius 3 is 2.37 bits per heavy atom. The van der Waals surface area contributed by atoms with Crippen molar-refractivity contribution in [1.29, 1.82) is 0 Å². The second-order valence-electron chi connectivity index (χ2n) is 3.41. The number of sulfonamides is 1. The van der Waals surface area contributed by atoms with Crippen LogP contribution in [-0.4, -0.2) is 31.4 Å². The van der Waals surface area contributed by atoms with Gasteiger partial charge in [-0.1, -0.05) is 0 Å². The highest BCUT2D eigenvalue weighted by Gasteiger charge is 2.28. The molecule has 3 N–H and O–H groups in total. The Labute approximate surface area is 110 Å². The van der Waals surface area contributed by atoms with Crippen molar-refractivity contribution in [2.45, 2.75) is 16.0 Å². The largest absolute Gasteiger partial charge is 0.478 e. The van der Waals surface area contributed by atoms with Crippen LogP contribution in [-0.2, 0) is 10.0 Å². The van der Waals surface area contributed by atoms with E-state index in [1.807, 2.05) is 0 Å². The van der Waals surface area contributed by atoms with Gasteiger partial charge in [-0.25, -0.2) is 18.4 Å². The van der Waals surface area contributed by atoms with Crippen LogP contribution in [0.3, 0.4) is 0 Å². The summed E-state index contributed by atoms with van der Waals surface area (Å²) in [5.41, 5.74) is -0.584. The molecule has 10 heteroatoms. The molecule has 0 spiro atoms. The molecule has 0 radical (unpaired) electrons. The highest BCUT2D eigenvalue weighted by atomic mass is 32.2. The van der Waals surface area contributed by atoms with Crippen molar-refractivity contribution in [3.63, 3.8) is 0 Å². The summed E-state index contributed by atoms with van der Waals surface area (Å²) in [6.45, 7) is 0. The molecule has 0 bridgehead atoms. The number of rotatable bonds is 4. The lowest BCUT2D eigenvalue weighted by Crippen LogP contribution is -2.17. The molecule has 106 valence electrons. The van der Waals surface area contributed by atoms with Crippen LogP contribution in [0.5, 0.6) is 0 Å². The van der Waals surface area contributed by atoms with Gasteiger partial charge >= 0.3 is 12.1 Å². The van der Waals surface area contributed by atoms with Crippen LogP contribution in [0.1, 0.15) is 10.4 Å². The molecule has 1 aromatic rings. The summed E-state index contributed by atoms with van der Waals surface area (Å²) in [5.74, 6) is -2.75. The van der Waals surface area contributed by atoms with E-state index in [4.69, 9.17) is 10.2 Å². The summed E-state index contributed by atoms with van der Waals surface area (Å²) in [6, 6.07) is 2.81. The van der Waals surface area contributed by atoms with Crippen LogP contribution >= 0.6 is 11.8 Å². The molecule has 0 amide bonds. The molecular formula is C9H8F3NO4S2. The van der Waals surface area contributed by atoms with E-state index >= 15 is 0 Å². The topological polar surface area (TPSA) is 97.5 Å². The summed E-state index contributed by atoms with van der Waals surface area (Å²) in [6.07, 6.45) is -4.42. The Bertz CT molecular complexity index is 598. The molecule has 1 rings (SSSR count). The lowest BCUT2D eigenvalue weighted by molar-refractivity contribution is -0.105. The van der Waals surface area contributed by atoms with Gasteiger partial charge in [0.1, 0.15) is 0 Å². The third kappa shape index (κ3) is 4.73. The molecule has 0 aliphatic heterocycles. The second-order valence-corrected chi connectivity index (χ2v) is 5.99. The quantitative estimate of drug-likeness (QED) is 0.824. The zero-order chi connectivity index (χ0) is 14.8. The Morgan fingerprint density at radius 2 is 1.95 bits per heavy atom. The average molecular weight is 315 g/mol. The van der Waals surface area contributed by atoms with Gasteiger partial charge in [-0.3, -0.25) is 0 Å². The Morgan fingerprint density at radius 1 is 1.37 bits per heavy atom. The summed E-state index contributed by atoms with van der Waals surface area (Å²) < 4.78 is 58.5. The van der Waals surface area contributed by atoms with Crippen LogP contribution in [0.4, 0.5) is 13.2 Å². The fraction of sp³-hybridized carbons (Fsp3) is 0.222. The van der Waals surface area contributed by atoms with Crippen molar-refractivity contribution in [2.24, 2.45) is 5.14 Å². The summed E-state index contributed by atoms with van der Waals surface area (Å²) in [7, 11) is -4.33. The van der Waals surface area contributed by atoms with E-state index in [9.17, 15) is 26.4 Å². The zero-order valence-electron chi connectivity index (χ0n) is 9.14. The van der Waals surface area contributed by atoms with Crippen molar-refractivity contribution in [3.8, 4) is 0 Å². The maximum absolute atomic E-state index is 12.0. The number of alkyl halides is 3. The van der Waals surface area contributed by atoms with Gasteiger partial charge in [-0.2, -0.15) is 13.2 Å². The van der Waals surface area contributed by atoms with Crippen LogP contribution in [0.2, 0.25) is 0 Å². The standard InChI is InChI=1S/C9H8F3NO4S2/c10-9(11,12)4-18-5-1-2-6(8(14)15)7(3-5)19(13,16)17/h1-3H,4H2,(H,14,15)(H2,13,16,17). The van der Waals surface area contributed by atoms with E-state index < -0.39 is 38.4 Å². The minimum Gasteiger partial charge on any atom is -0.478 e. The minimum atomic E-state index is -4.42. The Balaban J connectivity index is 3.17. The van der Waals surface area contributed by atoms with Crippen LogP contribution in [0, 0.1) is 0 Å². The van der Waals surface area contributed by atoms with Gasteiger partial charge in [0.15, 0.2) is 0 Å². The van der Waals surface area contributed by atoms with Gasteiger partial charge in [0.2, 0.25) is 10.0 Å². The average Bonchev–Trinajstić information content (AvgIpc) is 2.23. The molecule has 5 nitrogen and oxygen atoms in total. The van der Waals surface area contributed by atoms with E-state index in [1.54, 1.807) is 0 Å². The maximum Gasteiger partial charge on any atom is 0.398 e. The lowest BCUT2D eigenvalue weighted by atomic mass is 10.2. The number of halogens is 3. The van der Waals surface area contributed by atoms with Gasteiger partial charge in [0.05, 0.1) is 16.2 Å². The number of hydrogen-bond acceptors (Lipinski definition) is 4. The van der Waals surface area contributed by atoms with Crippen LogP contribution in [0.15, 0.2) is 28.0 Å². The monoisotopic (exact) mass is 315 g/mol. The second kappa shape index (κ2) is 5.39. The number of primary sulfonamides is 1. The molecule has 0 fully saturated rings. The SMILES string of the molecule is NS(=O)(=O)c1cc(SCC(F)(F)F)ccc1C(=O)O. The molecular weight excluding hydrogens is 307 g/mol. The van der Waals surface area contributed by atoms with Gasteiger partial charge < -0.3 is 5.11 Å². The molecule has 0 heterocycles. The van der Waals surface area contributed by atoms with Gasteiger partial charge in [0, 0.05) is 4.90 Å². The van der Waals surface area contributed by atoms with Crippen molar-refractivity contribution >= 4 is 27.8 Å². The number of carbonyl (C=O) groups is 1. The molecule has 0 atom stereocenters. The van der Waals surface area contributed by atoms with Gasteiger partial charge in [-0.15, -0.1) is 11.8 Å². The smallest absolute Gasteiger partial charge is 0.398 e. The van der Waals surface area contributed by atoms with E-state index in [0.29, 0.717) is 11.8 Å². The normalized spacial score (nSPS) is 12.4. The Hall–Kier alpha value is -1.26. The zero-order valence-corrected chi connectivity index (χ0v) is 10.8. The van der Waals surface area contributed by atoms with Gasteiger partial charge in [0.25, 0.3) is 0 Å². The number of benzene rings is 1. The molecule has 0 saturated heterocycles. The first kappa shape index (κ1) is 15.8. The first-order valence-corrected chi connectivity index (χ1v) is 7.13. The Kier molecular flexibility index (Phi) is 4.48. The highest BCUT2D eigenvalue weighted by Crippen LogP contribution is 2.29. The predicted molar refractivity (Wildman–Crippen MR) is 61.6 cm³/mol. The number of nitrogens with two attached hydrogens (primary N) is 1. The van der Waals surface area contributed by atoms with Crippen molar-refractivity contribution in [2.75, 3.05) is 5.75 Å². The van der Waals surface area contributed by atoms with E-state index in [0.717, 1.165) is 18.2 Å². The lowest BCUT2D eigenvalue weighted by Gasteiger charge is -2.08. The maximum atomic E-state index is 12.0. The fourth-order valence-electron chi connectivity index (χ4n) is 1.17. The summed E-state index contributed by atoms with van der Waals surface area (Å²) in [4.78, 5) is 10.0. The third-order valence-corrected chi connectivity index (χ3v) is 3.90. The molecule has 0 saturated carbocycles. The fourth-order valence-corrected chi connectivity index (χ4v) is 2.69. The molecule has 0 aromatic heterocycles. The van der Waals surface area contributed by atoms with E-state index in [2.05, 4.69) is 0 Å². The van der Waals surface area contributed by atoms with Crippen LogP contribution < -0.4 is 5.14 Å². The van der Waals surface area contributed by atoms with Crippen LogP contribution in [0.25, 0.3) is 0 Å². The van der Waals surface area contributed by atoms with Gasteiger partial charge in [-0.05, 0) is 18.2 Å². The predicted octanol–water partition coefficient (Wildman–Crippen LogP) is 1.69. The minimum absolute atomic E-state index is 0.0358.